The van der Waals surface area contributed by atoms with Crippen LogP contribution in [0, 0.1) is 0 Å². The van der Waals surface area contributed by atoms with Gasteiger partial charge in [0.05, 0.1) is 5.54 Å². The van der Waals surface area contributed by atoms with Gasteiger partial charge in [-0.25, -0.2) is 0 Å². The third-order valence-corrected chi connectivity index (χ3v) is 10.7. The Morgan fingerprint density at radius 3 is 1.24 bits per heavy atom. The molecule has 2 nitrogen and oxygen atoms in total. The highest BCUT2D eigenvalue weighted by atomic mass is 32.0. The molecule has 0 saturated carbocycles. The van der Waals surface area contributed by atoms with E-state index in [-0.39, 0.29) is 7.61 Å². The minimum atomic E-state index is -0.0952. The van der Waals surface area contributed by atoms with Gasteiger partial charge in [0, 0.05) is 0 Å². The number of hydrogen-bond acceptors (Lipinski definition) is 0. The third-order valence-electron chi connectivity index (χ3n) is 2.26. The largest absolute Gasteiger partial charge is 0.268 e. The van der Waals surface area contributed by atoms with Crippen molar-refractivity contribution in [3.05, 3.63) is 0 Å². The first-order valence-electron chi connectivity index (χ1n) is 6.11. The first-order chi connectivity index (χ1) is 7.37. The molecule has 17 heavy (non-hydrogen) atoms. The Morgan fingerprint density at radius 2 is 1.06 bits per heavy atom. The predicted molar refractivity (Wildman–Crippen MR) is 85.7 cm³/mol. The molecule has 0 saturated heterocycles. The molecule has 0 unspecified atom stereocenters. The van der Waals surface area contributed by atoms with Crippen molar-refractivity contribution in [3.8, 4) is 0 Å². The van der Waals surface area contributed by atoms with Crippen LogP contribution in [0.1, 0.15) is 41.5 Å². The molecule has 0 aromatic heterocycles. The van der Waals surface area contributed by atoms with E-state index >= 15 is 0 Å². The summed E-state index contributed by atoms with van der Waals surface area (Å²) in [5, 5.41) is 0.763. The van der Waals surface area contributed by atoms with Crippen LogP contribution in [0.4, 0.5) is 0 Å². The number of rotatable bonds is 3. The minimum absolute atomic E-state index is 0.0952. The lowest BCUT2D eigenvalue weighted by molar-refractivity contribution is 0.500. The summed E-state index contributed by atoms with van der Waals surface area (Å²) in [7, 11) is 9.95. The Morgan fingerprint density at radius 1 is 0.765 bits per heavy atom. The molecule has 0 aliphatic heterocycles. The van der Waals surface area contributed by atoms with Crippen LogP contribution in [0.3, 0.4) is 0 Å². The summed E-state index contributed by atoms with van der Waals surface area (Å²) < 4.78 is 0. The first kappa shape index (κ1) is 17.5. The molecule has 0 aromatic carbocycles. The van der Waals surface area contributed by atoms with Gasteiger partial charge in [-0.1, -0.05) is 41.5 Å². The topological polar surface area (TPSA) is 6.48 Å². The smallest absolute Gasteiger partial charge is 0.0899 e. The quantitative estimate of drug-likeness (QED) is 0.715. The molecule has 0 aliphatic rings. The van der Waals surface area contributed by atoms with Crippen LogP contribution < -0.4 is 0 Å². The SMILES string of the molecule is CN(C)C(=PP(C(C)(C)C)C(C)(C)C)N(C)C. The van der Waals surface area contributed by atoms with Gasteiger partial charge in [0.25, 0.3) is 0 Å². The van der Waals surface area contributed by atoms with Crippen LogP contribution in [0.15, 0.2) is 0 Å². The fourth-order valence-corrected chi connectivity index (χ4v) is 8.53. The van der Waals surface area contributed by atoms with Crippen molar-refractivity contribution in [1.29, 1.82) is 0 Å². The lowest BCUT2D eigenvalue weighted by atomic mass is 10.2. The zero-order chi connectivity index (χ0) is 14.0. The van der Waals surface area contributed by atoms with Crippen LogP contribution >= 0.6 is 15.5 Å². The second-order valence-corrected chi connectivity index (χ2v) is 12.5. The molecule has 0 amide bonds. The number of nitrogens with zero attached hydrogens (tertiary/aromatic N) is 2. The Bertz CT molecular complexity index is 246. The van der Waals surface area contributed by atoms with E-state index in [1.54, 1.807) is 0 Å². The molecule has 0 N–H and O–H groups in total. The average molecular weight is 276 g/mol. The van der Waals surface area contributed by atoms with Gasteiger partial charge in [0.1, 0.15) is 0 Å². The summed E-state index contributed by atoms with van der Waals surface area (Å²) in [6.45, 7) is 14.2. The Kier molecular flexibility index (Phi) is 6.30. The van der Waals surface area contributed by atoms with Gasteiger partial charge in [-0.05, 0) is 54.0 Å². The van der Waals surface area contributed by atoms with Crippen molar-refractivity contribution in [2.24, 2.45) is 0 Å². The van der Waals surface area contributed by atoms with E-state index < -0.39 is 0 Å². The van der Waals surface area contributed by atoms with E-state index in [1.807, 2.05) is 0 Å². The summed E-state index contributed by atoms with van der Waals surface area (Å²) in [5.74, 6) is 0. The summed E-state index contributed by atoms with van der Waals surface area (Å²) in [4.78, 5) is 4.49. The highest BCUT2D eigenvalue weighted by molar-refractivity contribution is 8.22. The van der Waals surface area contributed by atoms with E-state index in [1.165, 1.54) is 13.4 Å². The third kappa shape index (κ3) is 5.79. The second-order valence-electron chi connectivity index (χ2n) is 6.84. The molecule has 0 fully saturated rings. The van der Waals surface area contributed by atoms with Crippen LogP contribution in [-0.4, -0.2) is 53.8 Å². The fraction of sp³-hybridized carbons (Fsp3) is 0.923. The van der Waals surface area contributed by atoms with E-state index in [9.17, 15) is 0 Å². The molecule has 0 aliphatic carbocycles. The van der Waals surface area contributed by atoms with E-state index in [0.717, 1.165) is 0 Å². The molecule has 0 atom stereocenters. The van der Waals surface area contributed by atoms with Gasteiger partial charge in [-0.2, -0.15) is 0 Å². The Balaban J connectivity index is 5.43. The van der Waals surface area contributed by atoms with Crippen molar-refractivity contribution < 1.29 is 0 Å². The van der Waals surface area contributed by atoms with Crippen molar-refractivity contribution in [1.82, 2.24) is 9.80 Å². The van der Waals surface area contributed by atoms with E-state index in [0.29, 0.717) is 10.3 Å². The molecule has 0 aromatic rings. The summed E-state index contributed by atoms with van der Waals surface area (Å²) in [6.07, 6.45) is 0. The molecular formula is C13H30N2P2. The molecule has 0 radical (unpaired) electrons. The number of hydrogen-bond donors (Lipinski definition) is 0. The molecule has 102 valence electrons. The molecule has 0 rings (SSSR count). The average Bonchev–Trinajstić information content (AvgIpc) is 1.96. The monoisotopic (exact) mass is 276 g/mol. The zero-order valence-electron chi connectivity index (χ0n) is 13.3. The molecule has 0 heterocycles. The van der Waals surface area contributed by atoms with Crippen LogP contribution in [0.5, 0.6) is 0 Å². The van der Waals surface area contributed by atoms with Crippen LogP contribution in [0.2, 0.25) is 0 Å². The predicted octanol–water partition coefficient (Wildman–Crippen LogP) is 4.14. The normalized spacial score (nSPS) is 14.2. The maximum atomic E-state index is 2.37. The molecule has 0 bridgehead atoms. The van der Waals surface area contributed by atoms with Crippen LogP contribution in [-0.2, 0) is 0 Å². The van der Waals surface area contributed by atoms with Gasteiger partial charge in [-0.15, -0.1) is 0 Å². The first-order valence-corrected chi connectivity index (χ1v) is 9.05. The van der Waals surface area contributed by atoms with Crippen molar-refractivity contribution in [2.45, 2.75) is 51.9 Å². The molecule has 4 heteroatoms. The van der Waals surface area contributed by atoms with Gasteiger partial charge in [-0.3, -0.25) is 9.80 Å². The maximum absolute atomic E-state index is 2.37. The van der Waals surface area contributed by atoms with Gasteiger partial charge < -0.3 is 0 Å². The molecular weight excluding hydrogens is 246 g/mol. The van der Waals surface area contributed by atoms with Crippen molar-refractivity contribution >= 4 is 21.0 Å². The molecule has 0 spiro atoms. The van der Waals surface area contributed by atoms with Crippen molar-refractivity contribution in [3.63, 3.8) is 0 Å². The summed E-state index contributed by atoms with van der Waals surface area (Å²) in [6, 6.07) is 0. The highest BCUT2D eigenvalue weighted by Gasteiger charge is 2.34. The lowest BCUT2D eigenvalue weighted by Gasteiger charge is -2.39. The van der Waals surface area contributed by atoms with Crippen LogP contribution in [0.25, 0.3) is 0 Å². The maximum Gasteiger partial charge on any atom is 0.0899 e. The van der Waals surface area contributed by atoms with Gasteiger partial charge >= 0.3 is 0 Å². The second kappa shape index (κ2) is 6.11. The highest BCUT2D eigenvalue weighted by Crippen LogP contribution is 2.68. The zero-order valence-corrected chi connectivity index (χ0v) is 15.1. The fourth-order valence-electron chi connectivity index (χ4n) is 1.97. The lowest BCUT2D eigenvalue weighted by Crippen LogP contribution is -2.34. The Labute approximate surface area is 111 Å². The summed E-state index contributed by atoms with van der Waals surface area (Å²) >= 11 is 0. The standard InChI is InChI=1S/C13H30N2P2/c1-12(2,3)17(13(4,5)6)16-11(14(7)8)15(9)10/h1-10H3. The van der Waals surface area contributed by atoms with Gasteiger partial charge in [0.15, 0.2) is 0 Å². The van der Waals surface area contributed by atoms with E-state index in [2.05, 4.69) is 79.5 Å². The summed E-state index contributed by atoms with van der Waals surface area (Å²) in [5.41, 5.74) is 1.40. The van der Waals surface area contributed by atoms with E-state index in [4.69, 9.17) is 0 Å². The minimum Gasteiger partial charge on any atom is -0.268 e. The van der Waals surface area contributed by atoms with Gasteiger partial charge in [0.2, 0.25) is 0 Å². The Hall–Kier alpha value is 0.520. The van der Waals surface area contributed by atoms with Crippen molar-refractivity contribution in [2.75, 3.05) is 28.2 Å².